The van der Waals surface area contributed by atoms with Crippen molar-refractivity contribution in [2.24, 2.45) is 0 Å². The highest BCUT2D eigenvalue weighted by Gasteiger charge is 2.36. The Morgan fingerprint density at radius 1 is 1.11 bits per heavy atom. The molecule has 2 saturated heterocycles. The second-order valence-corrected chi connectivity index (χ2v) is 9.25. The SMILES string of the molecule is O=C([C@@H](c1ccccc1)n1cnnn1)N1CCN([C@H]2CCS(=O)(=O)C2)CC1. The lowest BCUT2D eigenvalue weighted by Gasteiger charge is -2.38. The van der Waals surface area contributed by atoms with E-state index in [0.29, 0.717) is 32.6 Å². The number of tetrazole rings is 1. The van der Waals surface area contributed by atoms with Crippen LogP contribution in [0.1, 0.15) is 18.0 Å². The molecule has 3 heterocycles. The van der Waals surface area contributed by atoms with Gasteiger partial charge in [0, 0.05) is 32.2 Å². The maximum atomic E-state index is 13.2. The molecule has 2 aliphatic heterocycles. The summed E-state index contributed by atoms with van der Waals surface area (Å²) in [6, 6.07) is 8.94. The lowest BCUT2D eigenvalue weighted by molar-refractivity contribution is -0.135. The summed E-state index contributed by atoms with van der Waals surface area (Å²) in [7, 11) is -2.90. The molecule has 1 aromatic heterocycles. The van der Waals surface area contributed by atoms with Crippen molar-refractivity contribution in [3.63, 3.8) is 0 Å². The smallest absolute Gasteiger partial charge is 0.252 e. The maximum Gasteiger partial charge on any atom is 0.252 e. The molecular formula is C17H22N6O3S. The maximum absolute atomic E-state index is 13.2. The van der Waals surface area contributed by atoms with E-state index in [0.717, 1.165) is 5.56 Å². The van der Waals surface area contributed by atoms with Crippen molar-refractivity contribution in [2.75, 3.05) is 37.7 Å². The molecule has 144 valence electrons. The number of carbonyl (C=O) groups excluding carboxylic acids is 1. The highest BCUT2D eigenvalue weighted by Crippen LogP contribution is 2.23. The molecule has 0 aliphatic carbocycles. The van der Waals surface area contributed by atoms with Gasteiger partial charge < -0.3 is 4.90 Å². The van der Waals surface area contributed by atoms with Crippen molar-refractivity contribution in [1.82, 2.24) is 30.0 Å². The standard InChI is InChI=1S/C17H22N6O3S/c24-17(16(23-13-18-19-20-23)14-4-2-1-3-5-14)22-9-7-21(8-10-22)15-6-11-27(25,26)12-15/h1-5,13,15-16H,6-12H2/t15-,16+/m0/s1. The van der Waals surface area contributed by atoms with Crippen LogP contribution in [0.4, 0.5) is 0 Å². The molecule has 1 aromatic carbocycles. The zero-order valence-electron chi connectivity index (χ0n) is 14.9. The van der Waals surface area contributed by atoms with E-state index in [9.17, 15) is 13.2 Å². The molecule has 2 aromatic rings. The van der Waals surface area contributed by atoms with E-state index in [4.69, 9.17) is 0 Å². The molecule has 0 radical (unpaired) electrons. The molecule has 9 nitrogen and oxygen atoms in total. The quantitative estimate of drug-likeness (QED) is 0.700. The van der Waals surface area contributed by atoms with Gasteiger partial charge in [-0.1, -0.05) is 30.3 Å². The van der Waals surface area contributed by atoms with Crippen molar-refractivity contribution in [1.29, 1.82) is 0 Å². The van der Waals surface area contributed by atoms with Gasteiger partial charge in [-0.25, -0.2) is 13.1 Å². The largest absolute Gasteiger partial charge is 0.338 e. The number of rotatable bonds is 4. The lowest BCUT2D eigenvalue weighted by atomic mass is 10.1. The first-order chi connectivity index (χ1) is 13.0. The van der Waals surface area contributed by atoms with Gasteiger partial charge in [-0.2, -0.15) is 0 Å². The molecule has 0 spiro atoms. The Kier molecular flexibility index (Phi) is 4.92. The number of hydrogen-bond acceptors (Lipinski definition) is 7. The molecule has 0 bridgehead atoms. The van der Waals surface area contributed by atoms with Crippen molar-refractivity contribution in [3.8, 4) is 0 Å². The summed E-state index contributed by atoms with van der Waals surface area (Å²) < 4.78 is 24.9. The van der Waals surface area contributed by atoms with Gasteiger partial charge in [0.2, 0.25) is 0 Å². The summed E-state index contributed by atoms with van der Waals surface area (Å²) in [5.74, 6) is 0.455. The number of hydrogen-bond donors (Lipinski definition) is 0. The van der Waals surface area contributed by atoms with E-state index in [1.807, 2.05) is 35.2 Å². The Morgan fingerprint density at radius 3 is 2.44 bits per heavy atom. The normalized spacial score (nSPS) is 24.0. The van der Waals surface area contributed by atoms with Crippen LogP contribution in [0.3, 0.4) is 0 Å². The van der Waals surface area contributed by atoms with Crippen LogP contribution in [0.15, 0.2) is 36.7 Å². The Hall–Kier alpha value is -2.33. The first kappa shape index (κ1) is 18.1. The molecule has 10 heteroatoms. The van der Waals surface area contributed by atoms with E-state index in [1.54, 1.807) is 0 Å². The summed E-state index contributed by atoms with van der Waals surface area (Å²) in [6.45, 7) is 2.51. The predicted octanol–water partition coefficient (Wildman–Crippen LogP) is -0.406. The van der Waals surface area contributed by atoms with Crippen LogP contribution in [-0.2, 0) is 14.6 Å². The lowest BCUT2D eigenvalue weighted by Crippen LogP contribution is -2.53. The third-order valence-electron chi connectivity index (χ3n) is 5.33. The van der Waals surface area contributed by atoms with E-state index in [1.165, 1.54) is 11.0 Å². The number of nitrogens with zero attached hydrogens (tertiary/aromatic N) is 6. The van der Waals surface area contributed by atoms with E-state index in [2.05, 4.69) is 20.4 Å². The van der Waals surface area contributed by atoms with Crippen LogP contribution in [0.2, 0.25) is 0 Å². The van der Waals surface area contributed by atoms with Crippen LogP contribution < -0.4 is 0 Å². The third kappa shape index (κ3) is 3.86. The van der Waals surface area contributed by atoms with Gasteiger partial charge in [0.1, 0.15) is 6.33 Å². The first-order valence-electron chi connectivity index (χ1n) is 9.04. The summed E-state index contributed by atoms with van der Waals surface area (Å²) >= 11 is 0. The highest BCUT2D eigenvalue weighted by molar-refractivity contribution is 7.91. The van der Waals surface area contributed by atoms with Crippen molar-refractivity contribution in [2.45, 2.75) is 18.5 Å². The van der Waals surface area contributed by atoms with E-state index < -0.39 is 15.9 Å². The molecule has 27 heavy (non-hydrogen) atoms. The van der Waals surface area contributed by atoms with Gasteiger partial charge in [-0.3, -0.25) is 9.69 Å². The number of carbonyl (C=O) groups is 1. The van der Waals surface area contributed by atoms with Gasteiger partial charge in [-0.05, 0) is 22.4 Å². The Morgan fingerprint density at radius 2 is 1.85 bits per heavy atom. The number of benzene rings is 1. The second-order valence-electron chi connectivity index (χ2n) is 7.02. The molecule has 2 fully saturated rings. The van der Waals surface area contributed by atoms with Crippen LogP contribution in [-0.4, -0.2) is 88.1 Å². The first-order valence-corrected chi connectivity index (χ1v) is 10.9. The Balaban J connectivity index is 1.46. The number of piperazine rings is 1. The highest BCUT2D eigenvalue weighted by atomic mass is 32.2. The molecule has 1 amide bonds. The van der Waals surface area contributed by atoms with Gasteiger partial charge in [0.15, 0.2) is 15.9 Å². The number of sulfone groups is 1. The number of amides is 1. The van der Waals surface area contributed by atoms with Gasteiger partial charge in [0.25, 0.3) is 5.91 Å². The zero-order chi connectivity index (χ0) is 18.9. The summed E-state index contributed by atoms with van der Waals surface area (Å²) in [6.07, 6.45) is 2.14. The van der Waals surface area contributed by atoms with Gasteiger partial charge >= 0.3 is 0 Å². The minimum Gasteiger partial charge on any atom is -0.338 e. The van der Waals surface area contributed by atoms with Crippen molar-refractivity contribution >= 4 is 15.7 Å². The van der Waals surface area contributed by atoms with Crippen molar-refractivity contribution in [3.05, 3.63) is 42.2 Å². The van der Waals surface area contributed by atoms with Crippen LogP contribution in [0.5, 0.6) is 0 Å². The van der Waals surface area contributed by atoms with Gasteiger partial charge in [0.05, 0.1) is 11.5 Å². The van der Waals surface area contributed by atoms with Crippen LogP contribution >= 0.6 is 0 Å². The van der Waals surface area contributed by atoms with E-state index in [-0.39, 0.29) is 23.5 Å². The molecule has 0 N–H and O–H groups in total. The molecule has 2 atom stereocenters. The molecular weight excluding hydrogens is 368 g/mol. The third-order valence-corrected chi connectivity index (χ3v) is 7.08. The minimum atomic E-state index is -2.90. The average molecular weight is 390 g/mol. The number of aromatic nitrogens is 4. The summed E-state index contributed by atoms with van der Waals surface area (Å²) in [4.78, 5) is 17.2. The summed E-state index contributed by atoms with van der Waals surface area (Å²) in [5.41, 5.74) is 0.833. The molecule has 0 unspecified atom stereocenters. The fourth-order valence-corrected chi connectivity index (χ4v) is 5.64. The molecule has 0 saturated carbocycles. The minimum absolute atomic E-state index is 0.0489. The van der Waals surface area contributed by atoms with Gasteiger partial charge in [-0.15, -0.1) is 5.10 Å². The monoisotopic (exact) mass is 390 g/mol. The average Bonchev–Trinajstić information content (AvgIpc) is 3.33. The van der Waals surface area contributed by atoms with E-state index >= 15 is 0 Å². The molecule has 4 rings (SSSR count). The Labute approximate surface area is 157 Å². The topological polar surface area (TPSA) is 101 Å². The fourth-order valence-electron chi connectivity index (χ4n) is 3.87. The summed E-state index contributed by atoms with van der Waals surface area (Å²) in [5, 5.41) is 11.3. The second kappa shape index (κ2) is 7.35. The molecule has 2 aliphatic rings. The van der Waals surface area contributed by atoms with Crippen LogP contribution in [0.25, 0.3) is 0 Å². The fraction of sp³-hybridized carbons (Fsp3) is 0.529. The van der Waals surface area contributed by atoms with Crippen LogP contribution in [0, 0.1) is 0 Å². The Bertz CT molecular complexity index is 879. The predicted molar refractivity (Wildman–Crippen MR) is 97.6 cm³/mol. The van der Waals surface area contributed by atoms with Crippen molar-refractivity contribution < 1.29 is 13.2 Å². The zero-order valence-corrected chi connectivity index (χ0v) is 15.7.